The number of thiazole rings is 1. The molecule has 0 bridgehead atoms. The van der Waals surface area contributed by atoms with Crippen LogP contribution in [0.3, 0.4) is 0 Å². The van der Waals surface area contributed by atoms with Crippen molar-refractivity contribution in [1.82, 2.24) is 4.98 Å². The second kappa shape index (κ2) is 6.27. The summed E-state index contributed by atoms with van der Waals surface area (Å²) in [6.45, 7) is 0. The lowest BCUT2D eigenvalue weighted by Gasteiger charge is -2.03. The molecule has 0 radical (unpaired) electrons. The third-order valence-electron chi connectivity index (χ3n) is 4.08. The second-order valence-corrected chi connectivity index (χ2v) is 8.33. The summed E-state index contributed by atoms with van der Waals surface area (Å²) in [6.07, 6.45) is 3.45. The average Bonchev–Trinajstić information content (AvgIpc) is 3.17. The first-order chi connectivity index (χ1) is 11.2. The van der Waals surface area contributed by atoms with E-state index in [-0.39, 0.29) is 5.78 Å². The maximum absolute atomic E-state index is 12.4. The Morgan fingerprint density at radius 2 is 2.04 bits per heavy atom. The van der Waals surface area contributed by atoms with Crippen LogP contribution < -0.4 is 0 Å². The predicted octanol–water partition coefficient (Wildman–Crippen LogP) is 5.41. The minimum Gasteiger partial charge on any atom is -0.293 e. The number of carbonyl (C=O) groups is 1. The molecular formula is C18H14ClNOS2. The third-order valence-corrected chi connectivity index (χ3v) is 6.49. The molecule has 116 valence electrons. The number of carbonyl (C=O) groups excluding carboxylic acids is 1. The van der Waals surface area contributed by atoms with Gasteiger partial charge in [-0.2, -0.15) is 0 Å². The van der Waals surface area contributed by atoms with Crippen LogP contribution in [0.1, 0.15) is 27.9 Å². The van der Waals surface area contributed by atoms with E-state index in [0.29, 0.717) is 10.8 Å². The van der Waals surface area contributed by atoms with Crippen LogP contribution in [-0.4, -0.2) is 16.5 Å². The van der Waals surface area contributed by atoms with Crippen molar-refractivity contribution < 1.29 is 4.79 Å². The molecule has 1 aromatic heterocycles. The maximum Gasteiger partial charge on any atom is 0.173 e. The summed E-state index contributed by atoms with van der Waals surface area (Å²) in [5, 5.41) is 0.688. The quantitative estimate of drug-likeness (QED) is 0.460. The van der Waals surface area contributed by atoms with E-state index < -0.39 is 0 Å². The first-order valence-electron chi connectivity index (χ1n) is 7.53. The van der Waals surface area contributed by atoms with Gasteiger partial charge in [0.2, 0.25) is 0 Å². The van der Waals surface area contributed by atoms with Crippen LogP contribution in [0.25, 0.3) is 10.2 Å². The number of halogens is 1. The van der Waals surface area contributed by atoms with Gasteiger partial charge in [0, 0.05) is 10.6 Å². The van der Waals surface area contributed by atoms with E-state index in [9.17, 15) is 4.79 Å². The van der Waals surface area contributed by atoms with Gasteiger partial charge in [0.25, 0.3) is 0 Å². The fraction of sp³-hybridized carbons (Fsp3) is 0.222. The number of fused-ring (bicyclic) bond motifs is 2. The standard InChI is InChI=1S/C18H14ClNOS2/c19-14-6-7-17-15(9-14)20-18(23-17)22-10-16(21)13-5-4-11-2-1-3-12(11)8-13/h4-9H,1-3,10H2. The minimum absolute atomic E-state index is 0.169. The van der Waals surface area contributed by atoms with Gasteiger partial charge in [-0.15, -0.1) is 11.3 Å². The molecule has 5 heteroatoms. The van der Waals surface area contributed by atoms with Gasteiger partial charge < -0.3 is 0 Å². The Balaban J connectivity index is 1.48. The van der Waals surface area contributed by atoms with Crippen LogP contribution in [0.2, 0.25) is 5.02 Å². The molecule has 2 nitrogen and oxygen atoms in total. The second-order valence-electron chi connectivity index (χ2n) is 5.64. The van der Waals surface area contributed by atoms with Gasteiger partial charge in [-0.1, -0.05) is 35.5 Å². The van der Waals surface area contributed by atoms with Gasteiger partial charge in [-0.25, -0.2) is 4.98 Å². The molecule has 0 fully saturated rings. The number of aryl methyl sites for hydroxylation is 2. The van der Waals surface area contributed by atoms with Crippen molar-refractivity contribution in [1.29, 1.82) is 0 Å². The Labute approximate surface area is 147 Å². The molecule has 0 N–H and O–H groups in total. The number of Topliss-reactive ketones (excluding diaryl/α,β-unsaturated/α-hetero) is 1. The molecule has 0 spiro atoms. The Morgan fingerprint density at radius 1 is 1.17 bits per heavy atom. The van der Waals surface area contributed by atoms with Gasteiger partial charge in [0.15, 0.2) is 10.1 Å². The van der Waals surface area contributed by atoms with Crippen LogP contribution in [0.5, 0.6) is 0 Å². The summed E-state index contributed by atoms with van der Waals surface area (Å²) in [6, 6.07) is 11.8. The monoisotopic (exact) mass is 359 g/mol. The van der Waals surface area contributed by atoms with Crippen molar-refractivity contribution in [3.8, 4) is 0 Å². The Bertz CT molecular complexity index is 903. The summed E-state index contributed by atoms with van der Waals surface area (Å²) in [7, 11) is 0. The van der Waals surface area contributed by atoms with Gasteiger partial charge in [0.1, 0.15) is 0 Å². The number of aromatic nitrogens is 1. The molecular weight excluding hydrogens is 346 g/mol. The number of benzene rings is 2. The van der Waals surface area contributed by atoms with Crippen molar-refractivity contribution >= 4 is 50.7 Å². The largest absolute Gasteiger partial charge is 0.293 e. The summed E-state index contributed by atoms with van der Waals surface area (Å²) in [5.41, 5.74) is 4.46. The maximum atomic E-state index is 12.4. The number of rotatable bonds is 4. The first-order valence-corrected chi connectivity index (χ1v) is 9.71. The first kappa shape index (κ1) is 15.2. The zero-order valence-corrected chi connectivity index (χ0v) is 14.7. The highest BCUT2D eigenvalue weighted by Crippen LogP contribution is 2.31. The van der Waals surface area contributed by atoms with E-state index in [4.69, 9.17) is 11.6 Å². The Kier molecular flexibility index (Phi) is 4.14. The molecule has 0 amide bonds. The summed E-state index contributed by atoms with van der Waals surface area (Å²) >= 11 is 9.09. The molecule has 0 atom stereocenters. The zero-order chi connectivity index (χ0) is 15.8. The van der Waals surface area contributed by atoms with Crippen molar-refractivity contribution in [2.24, 2.45) is 0 Å². The molecule has 0 unspecified atom stereocenters. The average molecular weight is 360 g/mol. The topological polar surface area (TPSA) is 30.0 Å². The molecule has 1 aliphatic rings. The molecule has 23 heavy (non-hydrogen) atoms. The number of hydrogen-bond acceptors (Lipinski definition) is 4. The van der Waals surface area contributed by atoms with E-state index in [1.807, 2.05) is 24.3 Å². The molecule has 3 aromatic rings. The Morgan fingerprint density at radius 3 is 2.96 bits per heavy atom. The van der Waals surface area contributed by atoms with Crippen molar-refractivity contribution in [3.63, 3.8) is 0 Å². The van der Waals surface area contributed by atoms with E-state index in [2.05, 4.69) is 17.1 Å². The fourth-order valence-electron chi connectivity index (χ4n) is 2.90. The lowest BCUT2D eigenvalue weighted by molar-refractivity contribution is 0.102. The van der Waals surface area contributed by atoms with Crippen LogP contribution in [-0.2, 0) is 12.8 Å². The predicted molar refractivity (Wildman–Crippen MR) is 98.2 cm³/mol. The summed E-state index contributed by atoms with van der Waals surface area (Å²) < 4.78 is 2.01. The number of hydrogen-bond donors (Lipinski definition) is 0. The SMILES string of the molecule is O=C(CSc1nc2cc(Cl)ccc2s1)c1ccc2c(c1)CCC2. The van der Waals surface area contributed by atoms with Gasteiger partial charge >= 0.3 is 0 Å². The number of thioether (sulfide) groups is 1. The fourth-order valence-corrected chi connectivity index (χ4v) is 5.01. The molecule has 0 aliphatic heterocycles. The van der Waals surface area contributed by atoms with E-state index in [0.717, 1.165) is 33.0 Å². The number of nitrogens with zero attached hydrogens (tertiary/aromatic N) is 1. The van der Waals surface area contributed by atoms with Gasteiger partial charge in [0.05, 0.1) is 16.0 Å². The van der Waals surface area contributed by atoms with Crippen LogP contribution in [0.15, 0.2) is 40.7 Å². The van der Waals surface area contributed by atoms with Gasteiger partial charge in [-0.05, 0) is 54.7 Å². The molecule has 2 aromatic carbocycles. The Hall–Kier alpha value is -1.36. The van der Waals surface area contributed by atoms with Crippen molar-refractivity contribution in [2.75, 3.05) is 5.75 Å². The lowest BCUT2D eigenvalue weighted by atomic mass is 10.0. The highest BCUT2D eigenvalue weighted by molar-refractivity contribution is 8.01. The van der Waals surface area contributed by atoms with Crippen LogP contribution >= 0.6 is 34.7 Å². The summed E-state index contributed by atoms with van der Waals surface area (Å²) in [5.74, 6) is 0.591. The number of ketones is 1. The molecule has 4 rings (SSSR count). The molecule has 1 aliphatic carbocycles. The van der Waals surface area contributed by atoms with E-state index in [1.54, 1.807) is 11.3 Å². The normalized spacial score (nSPS) is 13.4. The van der Waals surface area contributed by atoms with Crippen molar-refractivity contribution in [3.05, 3.63) is 58.1 Å². The summed E-state index contributed by atoms with van der Waals surface area (Å²) in [4.78, 5) is 17.0. The molecule has 0 saturated heterocycles. The minimum atomic E-state index is 0.169. The zero-order valence-electron chi connectivity index (χ0n) is 12.3. The van der Waals surface area contributed by atoms with Crippen molar-refractivity contribution in [2.45, 2.75) is 23.6 Å². The smallest absolute Gasteiger partial charge is 0.173 e. The lowest BCUT2D eigenvalue weighted by Crippen LogP contribution is -2.03. The van der Waals surface area contributed by atoms with E-state index in [1.165, 1.54) is 29.3 Å². The van der Waals surface area contributed by atoms with Gasteiger partial charge in [-0.3, -0.25) is 4.79 Å². The highest BCUT2D eigenvalue weighted by Gasteiger charge is 2.15. The third kappa shape index (κ3) is 3.16. The van der Waals surface area contributed by atoms with E-state index >= 15 is 0 Å². The highest BCUT2D eigenvalue weighted by atomic mass is 35.5. The van der Waals surface area contributed by atoms with Crippen LogP contribution in [0, 0.1) is 0 Å². The van der Waals surface area contributed by atoms with Crippen LogP contribution in [0.4, 0.5) is 0 Å². The molecule has 1 heterocycles. The molecule has 0 saturated carbocycles.